The molecule has 0 aliphatic carbocycles. The van der Waals surface area contributed by atoms with E-state index >= 15 is 0 Å². The van der Waals surface area contributed by atoms with Gasteiger partial charge >= 0.3 is 0 Å². The van der Waals surface area contributed by atoms with Crippen LogP contribution in [-0.2, 0) is 5.88 Å². The van der Waals surface area contributed by atoms with Gasteiger partial charge in [0.15, 0.2) is 0 Å². The van der Waals surface area contributed by atoms with Gasteiger partial charge in [-0.1, -0.05) is 6.07 Å². The van der Waals surface area contributed by atoms with Crippen LogP contribution in [0.5, 0.6) is 0 Å². The van der Waals surface area contributed by atoms with E-state index in [-0.39, 0.29) is 12.4 Å². The lowest BCUT2D eigenvalue weighted by molar-refractivity contribution is 1.27. The van der Waals surface area contributed by atoms with Crippen LogP contribution in [-0.4, -0.2) is 9.97 Å². The molecule has 0 saturated carbocycles. The molecule has 2 rings (SSSR count). The highest BCUT2D eigenvalue weighted by atomic mass is 35.5. The minimum absolute atomic E-state index is 0. The van der Waals surface area contributed by atoms with Crippen molar-refractivity contribution in [3.63, 3.8) is 0 Å². The molecule has 4 heteroatoms. The normalized spacial score (nSPS) is 8.07. The molecule has 0 amide bonds. The van der Waals surface area contributed by atoms with Crippen LogP contribution in [0.2, 0.25) is 0 Å². The number of alkyl halides is 1. The van der Waals surface area contributed by atoms with Crippen molar-refractivity contribution >= 4 is 24.0 Å². The Morgan fingerprint density at radius 3 is 1.67 bits per heavy atom. The fraction of sp³-hybridized carbons (Fsp3) is 0.0909. The second-order valence-electron chi connectivity index (χ2n) is 2.51. The van der Waals surface area contributed by atoms with Crippen LogP contribution in [0.15, 0.2) is 55.1 Å². The van der Waals surface area contributed by atoms with Gasteiger partial charge in [-0.3, -0.25) is 9.97 Å². The molecule has 15 heavy (non-hydrogen) atoms. The summed E-state index contributed by atoms with van der Waals surface area (Å²) in [5, 5.41) is 0. The van der Waals surface area contributed by atoms with E-state index in [4.69, 9.17) is 11.6 Å². The molecule has 0 radical (unpaired) electrons. The molecular weight excluding hydrogens is 231 g/mol. The Morgan fingerprint density at radius 2 is 1.40 bits per heavy atom. The van der Waals surface area contributed by atoms with E-state index in [1.54, 1.807) is 24.8 Å². The molecule has 2 aromatic rings. The van der Waals surface area contributed by atoms with E-state index in [0.717, 1.165) is 5.56 Å². The first-order valence-corrected chi connectivity index (χ1v) is 4.77. The van der Waals surface area contributed by atoms with Crippen molar-refractivity contribution in [3.05, 3.63) is 60.7 Å². The SMILES string of the molecule is Cl.ClCc1ccncc1.c1ccncc1. The second kappa shape index (κ2) is 9.44. The summed E-state index contributed by atoms with van der Waals surface area (Å²) >= 11 is 5.50. The molecule has 2 aromatic heterocycles. The Balaban J connectivity index is 0.000000253. The number of halogens is 2. The Hall–Kier alpha value is -1.12. The lowest BCUT2D eigenvalue weighted by atomic mass is 10.3. The number of pyridine rings is 2. The van der Waals surface area contributed by atoms with Crippen molar-refractivity contribution in [3.8, 4) is 0 Å². The Kier molecular flexibility index (Phi) is 8.73. The summed E-state index contributed by atoms with van der Waals surface area (Å²) < 4.78 is 0. The molecule has 0 atom stereocenters. The summed E-state index contributed by atoms with van der Waals surface area (Å²) in [6.07, 6.45) is 6.97. The van der Waals surface area contributed by atoms with Gasteiger partial charge in [-0.2, -0.15) is 0 Å². The maximum atomic E-state index is 5.50. The van der Waals surface area contributed by atoms with E-state index in [2.05, 4.69) is 9.97 Å². The van der Waals surface area contributed by atoms with E-state index in [1.807, 2.05) is 30.3 Å². The van der Waals surface area contributed by atoms with Gasteiger partial charge in [-0.25, -0.2) is 0 Å². The van der Waals surface area contributed by atoms with E-state index in [0.29, 0.717) is 5.88 Å². The molecule has 0 saturated heterocycles. The van der Waals surface area contributed by atoms with Crippen LogP contribution >= 0.6 is 24.0 Å². The molecule has 0 aliphatic rings. The quantitative estimate of drug-likeness (QED) is 0.718. The molecular formula is C11H12Cl2N2. The molecule has 2 heterocycles. The number of rotatable bonds is 1. The lowest BCUT2D eigenvalue weighted by Crippen LogP contribution is -1.74. The van der Waals surface area contributed by atoms with Gasteiger partial charge in [0, 0.05) is 30.7 Å². The van der Waals surface area contributed by atoms with Crippen LogP contribution < -0.4 is 0 Å². The summed E-state index contributed by atoms with van der Waals surface area (Å²) in [4.78, 5) is 7.62. The first kappa shape index (κ1) is 13.9. The van der Waals surface area contributed by atoms with Gasteiger partial charge in [-0.15, -0.1) is 24.0 Å². The Morgan fingerprint density at radius 1 is 0.867 bits per heavy atom. The van der Waals surface area contributed by atoms with Gasteiger partial charge in [0.25, 0.3) is 0 Å². The number of aromatic nitrogens is 2. The number of hydrogen-bond acceptors (Lipinski definition) is 2. The first-order valence-electron chi connectivity index (χ1n) is 4.23. The number of hydrogen-bond donors (Lipinski definition) is 0. The topological polar surface area (TPSA) is 25.8 Å². The summed E-state index contributed by atoms with van der Waals surface area (Å²) in [5.74, 6) is 0.572. The molecule has 0 bridgehead atoms. The van der Waals surface area contributed by atoms with E-state index in [9.17, 15) is 0 Å². The molecule has 0 aliphatic heterocycles. The maximum absolute atomic E-state index is 5.50. The van der Waals surface area contributed by atoms with Gasteiger partial charge in [0.2, 0.25) is 0 Å². The van der Waals surface area contributed by atoms with E-state index in [1.165, 1.54) is 0 Å². The summed E-state index contributed by atoms with van der Waals surface area (Å²) in [5.41, 5.74) is 1.11. The van der Waals surface area contributed by atoms with Crippen LogP contribution in [0, 0.1) is 0 Å². The highest BCUT2D eigenvalue weighted by Crippen LogP contribution is 1.98. The molecule has 0 fully saturated rings. The monoisotopic (exact) mass is 242 g/mol. The predicted molar refractivity (Wildman–Crippen MR) is 65.3 cm³/mol. The predicted octanol–water partition coefficient (Wildman–Crippen LogP) is 3.32. The van der Waals surface area contributed by atoms with Crippen molar-refractivity contribution in [2.45, 2.75) is 5.88 Å². The third-order valence-electron chi connectivity index (χ3n) is 1.47. The molecule has 0 aromatic carbocycles. The van der Waals surface area contributed by atoms with E-state index < -0.39 is 0 Å². The first-order chi connectivity index (χ1) is 6.93. The summed E-state index contributed by atoms with van der Waals surface area (Å²) in [6, 6.07) is 9.51. The standard InChI is InChI=1S/C6H6ClN.C5H5N.ClH/c7-5-6-1-3-8-4-2-6;1-2-4-6-5-3-1;/h1-4H,5H2;1-5H;1H. The fourth-order valence-corrected chi connectivity index (χ4v) is 0.963. The zero-order chi connectivity index (χ0) is 10.1. The Bertz CT molecular complexity index is 300. The minimum atomic E-state index is 0. The van der Waals surface area contributed by atoms with Crippen molar-refractivity contribution in [2.24, 2.45) is 0 Å². The minimum Gasteiger partial charge on any atom is -0.265 e. The maximum Gasteiger partial charge on any atom is 0.0475 e. The highest BCUT2D eigenvalue weighted by Gasteiger charge is 1.82. The smallest absolute Gasteiger partial charge is 0.0475 e. The van der Waals surface area contributed by atoms with Gasteiger partial charge in [0.05, 0.1) is 0 Å². The largest absolute Gasteiger partial charge is 0.265 e. The highest BCUT2D eigenvalue weighted by molar-refractivity contribution is 6.17. The Labute approximate surface area is 101 Å². The van der Waals surface area contributed by atoms with Crippen molar-refractivity contribution in [1.82, 2.24) is 9.97 Å². The van der Waals surface area contributed by atoms with Crippen LogP contribution in [0.25, 0.3) is 0 Å². The molecule has 0 N–H and O–H groups in total. The van der Waals surface area contributed by atoms with Gasteiger partial charge in [0.1, 0.15) is 0 Å². The zero-order valence-electron chi connectivity index (χ0n) is 8.08. The van der Waals surface area contributed by atoms with Crippen molar-refractivity contribution in [2.75, 3.05) is 0 Å². The van der Waals surface area contributed by atoms with Crippen molar-refractivity contribution < 1.29 is 0 Å². The molecule has 0 unspecified atom stereocenters. The molecule has 0 spiro atoms. The average molecular weight is 243 g/mol. The van der Waals surface area contributed by atoms with Gasteiger partial charge < -0.3 is 0 Å². The van der Waals surface area contributed by atoms with Crippen molar-refractivity contribution in [1.29, 1.82) is 0 Å². The number of nitrogens with zero attached hydrogens (tertiary/aromatic N) is 2. The third kappa shape index (κ3) is 6.89. The van der Waals surface area contributed by atoms with Gasteiger partial charge in [-0.05, 0) is 29.8 Å². The molecule has 2 nitrogen and oxygen atoms in total. The fourth-order valence-electron chi connectivity index (χ4n) is 0.784. The summed E-state index contributed by atoms with van der Waals surface area (Å²) in [7, 11) is 0. The zero-order valence-corrected chi connectivity index (χ0v) is 9.66. The average Bonchev–Trinajstić information content (AvgIpc) is 2.33. The lowest BCUT2D eigenvalue weighted by Gasteiger charge is -1.87. The van der Waals surface area contributed by atoms with Crippen LogP contribution in [0.4, 0.5) is 0 Å². The summed E-state index contributed by atoms with van der Waals surface area (Å²) in [6.45, 7) is 0. The van der Waals surface area contributed by atoms with Crippen LogP contribution in [0.1, 0.15) is 5.56 Å². The molecule has 80 valence electrons. The second-order valence-corrected chi connectivity index (χ2v) is 2.78. The third-order valence-corrected chi connectivity index (χ3v) is 1.78. The van der Waals surface area contributed by atoms with Crippen LogP contribution in [0.3, 0.4) is 0 Å².